The lowest BCUT2D eigenvalue weighted by Gasteiger charge is -2.36. The molecule has 0 aromatic heterocycles. The van der Waals surface area contributed by atoms with Crippen molar-refractivity contribution < 1.29 is 19.1 Å². The highest BCUT2D eigenvalue weighted by molar-refractivity contribution is 8.00. The second-order valence-electron chi connectivity index (χ2n) is 6.18. The van der Waals surface area contributed by atoms with E-state index in [2.05, 4.69) is 0 Å². The largest absolute Gasteiger partial charge is 0.548 e. The van der Waals surface area contributed by atoms with Gasteiger partial charge in [0.05, 0.1) is 17.4 Å². The maximum absolute atomic E-state index is 13.4. The predicted octanol–water partition coefficient (Wildman–Crippen LogP) is 2.04. The molecule has 4 nitrogen and oxygen atoms in total. The molecule has 1 heterocycles. The number of carbonyl (C=O) groups is 2. The number of thioether (sulfide) groups is 1. The van der Waals surface area contributed by atoms with Crippen molar-refractivity contribution in [2.24, 2.45) is 5.92 Å². The number of carboxylic acid groups (broad SMARTS) is 1. The molecule has 1 aliphatic heterocycles. The van der Waals surface area contributed by atoms with Gasteiger partial charge in [0, 0.05) is 11.3 Å². The summed E-state index contributed by atoms with van der Waals surface area (Å²) in [6.45, 7) is 0. The van der Waals surface area contributed by atoms with Crippen LogP contribution in [0.2, 0.25) is 0 Å². The average molecular weight is 336 g/mol. The number of halogens is 1. The zero-order valence-electron chi connectivity index (χ0n) is 12.7. The molecular formula is C17H19FNO3S-. The zero-order valence-corrected chi connectivity index (χ0v) is 13.6. The lowest BCUT2D eigenvalue weighted by molar-refractivity contribution is -0.310. The van der Waals surface area contributed by atoms with Crippen LogP contribution in [-0.4, -0.2) is 33.9 Å². The van der Waals surface area contributed by atoms with Gasteiger partial charge in [0.15, 0.2) is 0 Å². The molecular weight excluding hydrogens is 317 g/mol. The predicted molar refractivity (Wildman–Crippen MR) is 84.2 cm³/mol. The molecule has 1 aromatic carbocycles. The van der Waals surface area contributed by atoms with Gasteiger partial charge in [-0.15, -0.1) is 11.8 Å². The van der Waals surface area contributed by atoms with E-state index in [0.717, 1.165) is 31.7 Å². The Bertz CT molecular complexity index is 603. The first-order chi connectivity index (χ1) is 11.1. The minimum Gasteiger partial charge on any atom is -0.548 e. The van der Waals surface area contributed by atoms with Crippen LogP contribution >= 0.6 is 11.8 Å². The summed E-state index contributed by atoms with van der Waals surface area (Å²) in [5, 5.41) is 11.3. The fraction of sp³-hybridized carbons (Fsp3) is 0.529. The number of carboxylic acids is 1. The van der Waals surface area contributed by atoms with Crippen molar-refractivity contribution in [3.8, 4) is 0 Å². The Balaban J connectivity index is 1.88. The maximum atomic E-state index is 13.4. The molecule has 0 unspecified atom stereocenters. The number of nitrogens with zero attached hydrogens (tertiary/aromatic N) is 1. The normalized spacial score (nSPS) is 25.5. The fourth-order valence-corrected chi connectivity index (χ4v) is 5.14. The molecule has 2 atom stereocenters. The standard InChI is InChI=1S/C17H20FNO3S/c18-13-8-4-7-12(9-13)15(20)19-14(17(21)22)10-23-16(19)11-5-2-1-3-6-11/h4,7-9,11,14,16H,1-3,5-6,10H2,(H,21,22)/p-1/t14-,16-/m1/s1. The van der Waals surface area contributed by atoms with Gasteiger partial charge in [-0.3, -0.25) is 4.79 Å². The molecule has 1 amide bonds. The van der Waals surface area contributed by atoms with E-state index in [1.807, 2.05) is 0 Å². The van der Waals surface area contributed by atoms with Gasteiger partial charge in [0.1, 0.15) is 5.82 Å². The quantitative estimate of drug-likeness (QED) is 0.847. The van der Waals surface area contributed by atoms with Crippen molar-refractivity contribution in [3.05, 3.63) is 35.6 Å². The summed E-state index contributed by atoms with van der Waals surface area (Å²) in [5.74, 6) is -1.51. The van der Waals surface area contributed by atoms with E-state index >= 15 is 0 Å². The van der Waals surface area contributed by atoms with Gasteiger partial charge >= 0.3 is 0 Å². The van der Waals surface area contributed by atoms with E-state index in [9.17, 15) is 19.1 Å². The van der Waals surface area contributed by atoms with E-state index in [-0.39, 0.29) is 10.9 Å². The number of amides is 1. The second-order valence-corrected chi connectivity index (χ2v) is 7.33. The topological polar surface area (TPSA) is 60.4 Å². The zero-order chi connectivity index (χ0) is 16.4. The summed E-state index contributed by atoms with van der Waals surface area (Å²) in [5.41, 5.74) is 0.194. The molecule has 2 fully saturated rings. The van der Waals surface area contributed by atoms with E-state index in [1.165, 1.54) is 41.3 Å². The molecule has 1 saturated heterocycles. The van der Waals surface area contributed by atoms with Gasteiger partial charge in [-0.25, -0.2) is 4.39 Å². The summed E-state index contributed by atoms with van der Waals surface area (Å²) < 4.78 is 13.4. The summed E-state index contributed by atoms with van der Waals surface area (Å²) in [6.07, 6.45) is 5.42. The number of rotatable bonds is 3. The first-order valence-electron chi connectivity index (χ1n) is 7.98. The number of carbonyl (C=O) groups excluding carboxylic acids is 2. The van der Waals surface area contributed by atoms with E-state index in [1.54, 1.807) is 0 Å². The average Bonchev–Trinajstić information content (AvgIpc) is 3.00. The van der Waals surface area contributed by atoms with E-state index in [0.29, 0.717) is 11.7 Å². The lowest BCUT2D eigenvalue weighted by Crippen LogP contribution is -2.52. The Morgan fingerprint density at radius 2 is 1.96 bits per heavy atom. The minimum absolute atomic E-state index is 0.158. The third kappa shape index (κ3) is 3.37. The number of aliphatic carboxylic acids is 1. The smallest absolute Gasteiger partial charge is 0.255 e. The van der Waals surface area contributed by atoms with Gasteiger partial charge < -0.3 is 14.8 Å². The minimum atomic E-state index is -1.24. The molecule has 1 aliphatic carbocycles. The molecule has 124 valence electrons. The third-order valence-electron chi connectivity index (χ3n) is 4.67. The van der Waals surface area contributed by atoms with Gasteiger partial charge in [0.2, 0.25) is 0 Å². The van der Waals surface area contributed by atoms with E-state index < -0.39 is 23.7 Å². The Morgan fingerprint density at radius 1 is 1.22 bits per heavy atom. The Hall–Kier alpha value is -1.56. The summed E-state index contributed by atoms with van der Waals surface area (Å²) in [6, 6.07) is 4.48. The van der Waals surface area contributed by atoms with Crippen molar-refractivity contribution in [1.82, 2.24) is 4.90 Å². The second kappa shape index (κ2) is 6.91. The van der Waals surface area contributed by atoms with Crippen molar-refractivity contribution in [1.29, 1.82) is 0 Å². The van der Waals surface area contributed by atoms with Crippen molar-refractivity contribution in [3.63, 3.8) is 0 Å². The highest BCUT2D eigenvalue weighted by Crippen LogP contribution is 2.41. The monoisotopic (exact) mass is 336 g/mol. The highest BCUT2D eigenvalue weighted by atomic mass is 32.2. The van der Waals surface area contributed by atoms with Crippen LogP contribution in [-0.2, 0) is 4.79 Å². The Kier molecular flexibility index (Phi) is 4.90. The molecule has 0 bridgehead atoms. The molecule has 1 saturated carbocycles. The van der Waals surface area contributed by atoms with Crippen LogP contribution in [0.1, 0.15) is 42.5 Å². The van der Waals surface area contributed by atoms with Crippen LogP contribution < -0.4 is 5.11 Å². The molecule has 0 radical (unpaired) electrons. The summed E-state index contributed by atoms with van der Waals surface area (Å²) in [4.78, 5) is 25.7. The van der Waals surface area contributed by atoms with Crippen LogP contribution in [0.3, 0.4) is 0 Å². The third-order valence-corrected chi connectivity index (χ3v) is 6.13. The fourth-order valence-electron chi connectivity index (χ4n) is 3.52. The van der Waals surface area contributed by atoms with Crippen LogP contribution in [0.4, 0.5) is 4.39 Å². The van der Waals surface area contributed by atoms with Gasteiger partial charge in [-0.1, -0.05) is 25.3 Å². The van der Waals surface area contributed by atoms with E-state index in [4.69, 9.17) is 0 Å². The molecule has 6 heteroatoms. The van der Waals surface area contributed by atoms with Crippen molar-refractivity contribution in [2.75, 3.05) is 5.75 Å². The Labute approximate surface area is 139 Å². The van der Waals surface area contributed by atoms with Gasteiger partial charge in [-0.05, 0) is 37.0 Å². The highest BCUT2D eigenvalue weighted by Gasteiger charge is 2.42. The van der Waals surface area contributed by atoms with Gasteiger partial charge in [0.25, 0.3) is 5.91 Å². The number of benzene rings is 1. The van der Waals surface area contributed by atoms with Gasteiger partial charge in [-0.2, -0.15) is 0 Å². The SMILES string of the molecule is O=C([O-])[C@H]1CS[C@H](C2CCCCC2)N1C(=O)c1cccc(F)c1. The molecule has 0 N–H and O–H groups in total. The summed E-state index contributed by atoms with van der Waals surface area (Å²) in [7, 11) is 0. The molecule has 2 aliphatic rings. The van der Waals surface area contributed by atoms with Crippen LogP contribution in [0.25, 0.3) is 0 Å². The van der Waals surface area contributed by atoms with Crippen LogP contribution in [0.5, 0.6) is 0 Å². The maximum Gasteiger partial charge on any atom is 0.255 e. The number of hydrogen-bond donors (Lipinski definition) is 0. The van der Waals surface area contributed by atoms with Crippen molar-refractivity contribution in [2.45, 2.75) is 43.5 Å². The first kappa shape index (κ1) is 16.3. The van der Waals surface area contributed by atoms with Crippen LogP contribution in [0, 0.1) is 11.7 Å². The molecule has 1 aromatic rings. The number of hydrogen-bond acceptors (Lipinski definition) is 4. The molecule has 23 heavy (non-hydrogen) atoms. The molecule has 3 rings (SSSR count). The molecule has 0 spiro atoms. The lowest BCUT2D eigenvalue weighted by atomic mass is 9.88. The first-order valence-corrected chi connectivity index (χ1v) is 9.03. The van der Waals surface area contributed by atoms with Crippen molar-refractivity contribution >= 4 is 23.6 Å². The van der Waals surface area contributed by atoms with Crippen LogP contribution in [0.15, 0.2) is 24.3 Å². The Morgan fingerprint density at radius 3 is 2.61 bits per heavy atom. The summed E-state index contributed by atoms with van der Waals surface area (Å²) >= 11 is 1.51.